The Hall–Kier alpha value is -1.83. The van der Waals surface area contributed by atoms with Gasteiger partial charge in [0.2, 0.25) is 0 Å². The Bertz CT molecular complexity index is 664. The summed E-state index contributed by atoms with van der Waals surface area (Å²) in [7, 11) is 0. The number of carbonyl (C=O) groups is 1. The first-order valence-electron chi connectivity index (χ1n) is 8.99. The summed E-state index contributed by atoms with van der Waals surface area (Å²) in [5.74, 6) is -1.41. The minimum atomic E-state index is -4.22. The summed E-state index contributed by atoms with van der Waals surface area (Å²) in [6.07, 6.45) is -2.57. The van der Waals surface area contributed by atoms with Gasteiger partial charge in [-0.1, -0.05) is 0 Å². The minimum Gasteiger partial charge on any atom is -0.462 e. The molecule has 1 aromatic heterocycles. The van der Waals surface area contributed by atoms with E-state index in [1.807, 2.05) is 0 Å². The van der Waals surface area contributed by atoms with Gasteiger partial charge < -0.3 is 14.4 Å². The van der Waals surface area contributed by atoms with E-state index in [-0.39, 0.29) is 19.6 Å². The van der Waals surface area contributed by atoms with Gasteiger partial charge in [-0.3, -0.25) is 0 Å². The van der Waals surface area contributed by atoms with Crippen molar-refractivity contribution >= 4 is 11.8 Å². The van der Waals surface area contributed by atoms with Gasteiger partial charge in [0, 0.05) is 25.2 Å². The van der Waals surface area contributed by atoms with Crippen LogP contribution in [0.1, 0.15) is 41.4 Å². The number of alkyl halides is 3. The van der Waals surface area contributed by atoms with E-state index in [2.05, 4.69) is 4.98 Å². The minimum absolute atomic E-state index is 0.128. The zero-order valence-corrected chi connectivity index (χ0v) is 14.8. The first-order chi connectivity index (χ1) is 12.4. The molecule has 1 aromatic rings. The second-order valence-corrected chi connectivity index (χ2v) is 6.61. The van der Waals surface area contributed by atoms with Gasteiger partial charge in [-0.05, 0) is 37.8 Å². The maximum Gasteiger partial charge on any atom is 0.393 e. The predicted molar refractivity (Wildman–Crippen MR) is 89.4 cm³/mol. The lowest BCUT2D eigenvalue weighted by Crippen LogP contribution is -2.42. The van der Waals surface area contributed by atoms with Crippen molar-refractivity contribution in [2.75, 3.05) is 37.8 Å². The molecule has 0 amide bonds. The molecule has 0 spiro atoms. The summed E-state index contributed by atoms with van der Waals surface area (Å²) in [5, 5.41) is 0. The number of carbonyl (C=O) groups excluding carboxylic acids is 1. The van der Waals surface area contributed by atoms with E-state index in [1.54, 1.807) is 17.9 Å². The molecule has 0 aromatic carbocycles. The first-order valence-corrected chi connectivity index (χ1v) is 8.99. The number of hydrogen-bond acceptors (Lipinski definition) is 5. The van der Waals surface area contributed by atoms with Crippen LogP contribution in [0, 0.1) is 5.92 Å². The number of fused-ring (bicyclic) bond motifs is 1. The van der Waals surface area contributed by atoms with Crippen LogP contribution in [0.15, 0.2) is 6.07 Å². The molecular formula is C18H23F3N2O3. The summed E-state index contributed by atoms with van der Waals surface area (Å²) >= 11 is 0. The van der Waals surface area contributed by atoms with Gasteiger partial charge in [0.1, 0.15) is 5.82 Å². The van der Waals surface area contributed by atoms with Crippen molar-refractivity contribution in [3.63, 3.8) is 0 Å². The molecule has 2 aliphatic heterocycles. The molecule has 3 heterocycles. The summed E-state index contributed by atoms with van der Waals surface area (Å²) in [6.45, 7) is 3.30. The largest absolute Gasteiger partial charge is 0.462 e. The van der Waals surface area contributed by atoms with Crippen LogP contribution in [-0.4, -0.2) is 50.0 Å². The highest BCUT2D eigenvalue weighted by atomic mass is 19.4. The van der Waals surface area contributed by atoms with E-state index in [0.717, 1.165) is 11.3 Å². The Morgan fingerprint density at radius 3 is 2.88 bits per heavy atom. The second kappa shape index (κ2) is 7.82. The van der Waals surface area contributed by atoms with Crippen molar-refractivity contribution in [1.29, 1.82) is 0 Å². The summed E-state index contributed by atoms with van der Waals surface area (Å²) in [5.41, 5.74) is 1.90. The van der Waals surface area contributed by atoms with E-state index in [9.17, 15) is 18.0 Å². The summed E-state index contributed by atoms with van der Waals surface area (Å²) < 4.78 is 50.0. The Balaban J connectivity index is 1.95. The van der Waals surface area contributed by atoms with Gasteiger partial charge in [0.05, 0.1) is 31.3 Å². The van der Waals surface area contributed by atoms with E-state index in [0.29, 0.717) is 50.4 Å². The molecule has 0 radical (unpaired) electrons. The third-order valence-corrected chi connectivity index (χ3v) is 4.88. The number of piperidine rings is 1. The average Bonchev–Trinajstić information content (AvgIpc) is 2.86. The van der Waals surface area contributed by atoms with Crippen LogP contribution < -0.4 is 4.90 Å². The maximum atomic E-state index is 13.1. The van der Waals surface area contributed by atoms with Crippen LogP contribution >= 0.6 is 0 Å². The van der Waals surface area contributed by atoms with Crippen molar-refractivity contribution < 1.29 is 27.4 Å². The highest BCUT2D eigenvalue weighted by Crippen LogP contribution is 2.35. The van der Waals surface area contributed by atoms with Gasteiger partial charge in [-0.25, -0.2) is 9.78 Å². The number of halogens is 3. The van der Waals surface area contributed by atoms with E-state index < -0.39 is 18.1 Å². The molecule has 144 valence electrons. The highest BCUT2D eigenvalue weighted by molar-refractivity contribution is 5.92. The van der Waals surface area contributed by atoms with Crippen LogP contribution in [0.3, 0.4) is 0 Å². The standard InChI is InChI=1S/C18H23F3N2O3/c1-2-26-17(24)14-10-16(22-15-6-9-25-8-5-13(14)15)23-7-3-4-12(11-23)18(19,20)21/h10,12H,2-9,11H2,1H3/t12-/m0/s1. The fourth-order valence-electron chi connectivity index (χ4n) is 3.55. The third kappa shape index (κ3) is 4.11. The van der Waals surface area contributed by atoms with Crippen molar-refractivity contribution in [2.24, 2.45) is 5.92 Å². The number of rotatable bonds is 3. The number of aromatic nitrogens is 1. The number of esters is 1. The topological polar surface area (TPSA) is 51.7 Å². The van der Waals surface area contributed by atoms with Crippen LogP contribution in [0.5, 0.6) is 0 Å². The smallest absolute Gasteiger partial charge is 0.393 e. The van der Waals surface area contributed by atoms with E-state index in [4.69, 9.17) is 9.47 Å². The van der Waals surface area contributed by atoms with E-state index in [1.165, 1.54) is 0 Å². The van der Waals surface area contributed by atoms with Crippen LogP contribution in [0.4, 0.5) is 19.0 Å². The van der Waals surface area contributed by atoms with Crippen LogP contribution in [0.25, 0.3) is 0 Å². The fourth-order valence-corrected chi connectivity index (χ4v) is 3.55. The molecule has 0 bridgehead atoms. The lowest BCUT2D eigenvalue weighted by atomic mass is 9.96. The second-order valence-electron chi connectivity index (χ2n) is 6.61. The molecule has 1 saturated heterocycles. The number of anilines is 1. The number of ether oxygens (including phenoxy) is 2. The normalized spacial score (nSPS) is 21.1. The lowest BCUT2D eigenvalue weighted by molar-refractivity contribution is -0.176. The Kier molecular flexibility index (Phi) is 5.70. The molecule has 3 rings (SSSR count). The molecule has 0 N–H and O–H groups in total. The molecule has 26 heavy (non-hydrogen) atoms. The molecule has 2 aliphatic rings. The molecule has 0 aliphatic carbocycles. The van der Waals surface area contributed by atoms with Gasteiger partial charge in [-0.2, -0.15) is 13.2 Å². The van der Waals surface area contributed by atoms with Crippen molar-refractivity contribution in [3.8, 4) is 0 Å². The van der Waals surface area contributed by atoms with Crippen molar-refractivity contribution in [1.82, 2.24) is 4.98 Å². The number of pyridine rings is 1. The zero-order chi connectivity index (χ0) is 18.7. The summed E-state index contributed by atoms with van der Waals surface area (Å²) in [6, 6.07) is 1.58. The SMILES string of the molecule is CCOC(=O)c1cc(N2CCC[C@H](C(F)(F)F)C2)nc2c1CCOCC2. The fraction of sp³-hybridized carbons (Fsp3) is 0.667. The van der Waals surface area contributed by atoms with Crippen LogP contribution in [0.2, 0.25) is 0 Å². The molecule has 1 fully saturated rings. The Morgan fingerprint density at radius 1 is 1.38 bits per heavy atom. The average molecular weight is 372 g/mol. The van der Waals surface area contributed by atoms with Gasteiger partial charge in [-0.15, -0.1) is 0 Å². The Labute approximate surface area is 150 Å². The third-order valence-electron chi connectivity index (χ3n) is 4.88. The molecule has 1 atom stereocenters. The first kappa shape index (κ1) is 18.9. The number of hydrogen-bond donors (Lipinski definition) is 0. The number of nitrogens with zero attached hydrogens (tertiary/aromatic N) is 2. The molecule has 8 heteroatoms. The Morgan fingerprint density at radius 2 is 2.15 bits per heavy atom. The molecule has 0 unspecified atom stereocenters. The molecular weight excluding hydrogens is 349 g/mol. The van der Waals surface area contributed by atoms with E-state index >= 15 is 0 Å². The highest BCUT2D eigenvalue weighted by Gasteiger charge is 2.42. The zero-order valence-electron chi connectivity index (χ0n) is 14.8. The van der Waals surface area contributed by atoms with Crippen molar-refractivity contribution in [2.45, 2.75) is 38.8 Å². The van der Waals surface area contributed by atoms with Gasteiger partial charge in [0.15, 0.2) is 0 Å². The monoisotopic (exact) mass is 372 g/mol. The van der Waals surface area contributed by atoms with Gasteiger partial charge in [0.25, 0.3) is 0 Å². The van der Waals surface area contributed by atoms with Crippen LogP contribution in [-0.2, 0) is 22.3 Å². The predicted octanol–water partition coefficient (Wildman–Crippen LogP) is 3.15. The lowest BCUT2D eigenvalue weighted by Gasteiger charge is -2.35. The summed E-state index contributed by atoms with van der Waals surface area (Å²) in [4.78, 5) is 18.6. The maximum absolute atomic E-state index is 13.1. The quantitative estimate of drug-likeness (QED) is 0.763. The molecule has 0 saturated carbocycles. The molecule has 5 nitrogen and oxygen atoms in total. The van der Waals surface area contributed by atoms with Crippen molar-refractivity contribution in [3.05, 3.63) is 22.9 Å². The van der Waals surface area contributed by atoms with Gasteiger partial charge >= 0.3 is 12.1 Å².